The minimum atomic E-state index is -4.16. The topological polar surface area (TPSA) is 45.5 Å². The summed E-state index contributed by atoms with van der Waals surface area (Å²) in [4.78, 5) is 13.1. The van der Waals surface area contributed by atoms with E-state index >= 15 is 0 Å². The Morgan fingerprint density at radius 1 is 1.26 bits per heavy atom. The van der Waals surface area contributed by atoms with Crippen molar-refractivity contribution in [3.8, 4) is 0 Å². The first kappa shape index (κ1) is 21.6. The second kappa shape index (κ2) is 8.10. The van der Waals surface area contributed by atoms with Crippen molar-refractivity contribution < 1.29 is 23.1 Å². The molecule has 4 nitrogen and oxygen atoms in total. The summed E-state index contributed by atoms with van der Waals surface area (Å²) in [5, 5.41) is 10.3. The highest BCUT2D eigenvalue weighted by molar-refractivity contribution is 6.05. The molecule has 3 rings (SSSR count). The van der Waals surface area contributed by atoms with E-state index < -0.39 is 18.7 Å². The Hall–Kier alpha value is -1.73. The molecule has 1 N–H and O–H groups in total. The number of fused-ring (bicyclic) bond motifs is 1. The molecule has 1 unspecified atom stereocenters. The highest BCUT2D eigenvalue weighted by Crippen LogP contribution is 2.36. The molecule has 8 heteroatoms. The number of carboxylic acid groups (broad SMARTS) is 1. The molecule has 0 amide bonds. The third kappa shape index (κ3) is 4.41. The van der Waals surface area contributed by atoms with Gasteiger partial charge in [0.15, 0.2) is 0 Å². The van der Waals surface area contributed by atoms with Gasteiger partial charge in [-0.25, -0.2) is 4.79 Å². The van der Waals surface area contributed by atoms with Crippen molar-refractivity contribution in [3.63, 3.8) is 0 Å². The normalized spacial score (nSPS) is 17.7. The number of likely N-dealkylation sites (tertiary alicyclic amines) is 1. The van der Waals surface area contributed by atoms with E-state index in [0.717, 1.165) is 5.52 Å². The van der Waals surface area contributed by atoms with Crippen LogP contribution in [0, 0.1) is 12.8 Å². The maximum absolute atomic E-state index is 12.6. The number of para-hydroxylation sites is 1. The van der Waals surface area contributed by atoms with Crippen LogP contribution in [0.3, 0.4) is 0 Å². The quantitative estimate of drug-likeness (QED) is 0.787. The number of alkyl halides is 3. The van der Waals surface area contributed by atoms with Gasteiger partial charge in [0.25, 0.3) is 0 Å². The largest absolute Gasteiger partial charge is 0.478 e. The molecule has 0 spiro atoms. The number of halogens is 4. The maximum Gasteiger partial charge on any atom is 0.401 e. The lowest BCUT2D eigenvalue weighted by Crippen LogP contribution is -2.41. The Morgan fingerprint density at radius 2 is 1.85 bits per heavy atom. The van der Waals surface area contributed by atoms with E-state index in [1.165, 1.54) is 4.90 Å². The van der Waals surface area contributed by atoms with Crippen LogP contribution < -0.4 is 0 Å². The van der Waals surface area contributed by atoms with Crippen molar-refractivity contribution in [2.24, 2.45) is 5.92 Å². The minimum absolute atomic E-state index is 0. The van der Waals surface area contributed by atoms with Gasteiger partial charge >= 0.3 is 12.1 Å². The summed E-state index contributed by atoms with van der Waals surface area (Å²) in [5.74, 6) is -0.736. The van der Waals surface area contributed by atoms with Crippen LogP contribution in [0.25, 0.3) is 10.9 Å². The second-order valence-corrected chi connectivity index (χ2v) is 7.12. The first-order chi connectivity index (χ1) is 12.2. The van der Waals surface area contributed by atoms with Crippen LogP contribution in [0.4, 0.5) is 13.2 Å². The van der Waals surface area contributed by atoms with Gasteiger partial charge in [0.1, 0.15) is 0 Å². The van der Waals surface area contributed by atoms with Crippen LogP contribution >= 0.6 is 12.4 Å². The average Bonchev–Trinajstić information content (AvgIpc) is 2.85. The molecule has 1 atom stereocenters. The molecule has 0 radical (unpaired) electrons. The van der Waals surface area contributed by atoms with E-state index in [2.05, 4.69) is 0 Å². The van der Waals surface area contributed by atoms with Gasteiger partial charge < -0.3 is 9.67 Å². The Labute approximate surface area is 162 Å². The smallest absolute Gasteiger partial charge is 0.401 e. The third-order valence-electron chi connectivity index (χ3n) is 5.49. The molecule has 1 fully saturated rings. The summed E-state index contributed by atoms with van der Waals surface area (Å²) in [6.45, 7) is 3.81. The molecular formula is C19H24ClF3N2O2. The van der Waals surface area contributed by atoms with Crippen LogP contribution in [0.15, 0.2) is 24.3 Å². The van der Waals surface area contributed by atoms with Crippen molar-refractivity contribution in [3.05, 3.63) is 35.5 Å². The number of aromatic nitrogens is 1. The van der Waals surface area contributed by atoms with Crippen LogP contribution in [0.2, 0.25) is 0 Å². The molecular weight excluding hydrogens is 381 g/mol. The summed E-state index contributed by atoms with van der Waals surface area (Å²) in [7, 11) is 0. The molecule has 2 aromatic rings. The van der Waals surface area contributed by atoms with Crippen molar-refractivity contribution in [1.29, 1.82) is 0 Å². The fourth-order valence-corrected chi connectivity index (χ4v) is 4.24. The lowest BCUT2D eigenvalue weighted by Gasteiger charge is -2.36. The molecule has 1 aliphatic heterocycles. The lowest BCUT2D eigenvalue weighted by atomic mass is 9.90. The molecule has 0 aliphatic carbocycles. The van der Waals surface area contributed by atoms with Crippen LogP contribution in [0.1, 0.15) is 41.9 Å². The zero-order valence-electron chi connectivity index (χ0n) is 15.3. The first-order valence-corrected chi connectivity index (χ1v) is 8.81. The fraction of sp³-hybridized carbons (Fsp3) is 0.526. The molecule has 27 heavy (non-hydrogen) atoms. The summed E-state index contributed by atoms with van der Waals surface area (Å²) in [5.41, 5.74) is 1.87. The number of aromatic carboxylic acids is 1. The zero-order valence-corrected chi connectivity index (χ0v) is 16.1. The Bertz CT molecular complexity index is 811. The Kier molecular flexibility index (Phi) is 6.47. The number of carboxylic acids is 1. The van der Waals surface area contributed by atoms with E-state index in [0.29, 0.717) is 42.6 Å². The van der Waals surface area contributed by atoms with E-state index in [1.54, 1.807) is 13.0 Å². The number of hydrogen-bond acceptors (Lipinski definition) is 2. The van der Waals surface area contributed by atoms with E-state index in [4.69, 9.17) is 0 Å². The SMILES string of the molecule is Cc1c(C(=O)O)c2ccccc2n1C(C)C1CCN(CC(F)(F)F)CC1.Cl. The van der Waals surface area contributed by atoms with Gasteiger partial charge in [0.2, 0.25) is 0 Å². The van der Waals surface area contributed by atoms with E-state index in [-0.39, 0.29) is 24.4 Å². The molecule has 1 aromatic heterocycles. The molecule has 0 bridgehead atoms. The number of nitrogens with zero attached hydrogens (tertiary/aromatic N) is 2. The Morgan fingerprint density at radius 3 is 2.41 bits per heavy atom. The lowest BCUT2D eigenvalue weighted by molar-refractivity contribution is -0.149. The molecule has 1 aromatic carbocycles. The van der Waals surface area contributed by atoms with Crippen molar-refractivity contribution in [1.82, 2.24) is 9.47 Å². The number of hydrogen-bond donors (Lipinski definition) is 1. The van der Waals surface area contributed by atoms with Crippen molar-refractivity contribution in [2.45, 2.75) is 38.9 Å². The monoisotopic (exact) mass is 404 g/mol. The molecule has 0 saturated carbocycles. The van der Waals surface area contributed by atoms with Gasteiger partial charge in [-0.05, 0) is 51.8 Å². The van der Waals surface area contributed by atoms with Gasteiger partial charge in [-0.1, -0.05) is 18.2 Å². The van der Waals surface area contributed by atoms with Crippen LogP contribution in [0.5, 0.6) is 0 Å². The van der Waals surface area contributed by atoms with Crippen LogP contribution in [-0.4, -0.2) is 46.4 Å². The third-order valence-corrected chi connectivity index (χ3v) is 5.49. The number of piperidine rings is 1. The van der Waals surface area contributed by atoms with Crippen molar-refractivity contribution >= 4 is 29.3 Å². The van der Waals surface area contributed by atoms with Crippen molar-refractivity contribution in [2.75, 3.05) is 19.6 Å². The zero-order chi connectivity index (χ0) is 19.1. The maximum atomic E-state index is 12.6. The van der Waals surface area contributed by atoms with Gasteiger partial charge in [-0.15, -0.1) is 12.4 Å². The Balaban J connectivity index is 0.00000261. The molecule has 2 heterocycles. The summed E-state index contributed by atoms with van der Waals surface area (Å²) in [6.07, 6.45) is -2.82. The standard InChI is InChI=1S/C19H23F3N2O2.ClH/c1-12(14-7-9-23(10-8-14)11-19(20,21)22)24-13(2)17(18(25)26)15-5-3-4-6-16(15)24;/h3-6,12,14H,7-11H2,1-2H3,(H,25,26);1H. The highest BCUT2D eigenvalue weighted by Gasteiger charge is 2.34. The van der Waals surface area contributed by atoms with Crippen LogP contribution in [-0.2, 0) is 0 Å². The minimum Gasteiger partial charge on any atom is -0.478 e. The predicted octanol–water partition coefficient (Wildman–Crippen LogP) is 4.91. The number of carbonyl (C=O) groups is 1. The predicted molar refractivity (Wildman–Crippen MR) is 101 cm³/mol. The fourth-order valence-electron chi connectivity index (χ4n) is 4.24. The van der Waals surface area contributed by atoms with E-state index in [9.17, 15) is 23.1 Å². The average molecular weight is 405 g/mol. The number of rotatable bonds is 4. The van der Waals surface area contributed by atoms with Gasteiger partial charge in [-0.2, -0.15) is 13.2 Å². The molecule has 150 valence electrons. The summed E-state index contributed by atoms with van der Waals surface area (Å²) >= 11 is 0. The highest BCUT2D eigenvalue weighted by atomic mass is 35.5. The van der Waals surface area contributed by atoms with E-state index in [1.807, 2.05) is 29.7 Å². The van der Waals surface area contributed by atoms with Gasteiger partial charge in [0.05, 0.1) is 12.1 Å². The second-order valence-electron chi connectivity index (χ2n) is 7.12. The van der Waals surface area contributed by atoms with Gasteiger partial charge in [-0.3, -0.25) is 4.90 Å². The molecule has 1 aliphatic rings. The summed E-state index contributed by atoms with van der Waals surface area (Å²) in [6, 6.07) is 7.44. The van der Waals surface area contributed by atoms with Gasteiger partial charge in [0, 0.05) is 22.6 Å². The first-order valence-electron chi connectivity index (χ1n) is 8.81. The molecule has 1 saturated heterocycles. The summed E-state index contributed by atoms with van der Waals surface area (Å²) < 4.78 is 39.7. The number of benzene rings is 1.